The molecule has 0 aromatic heterocycles. The van der Waals surface area contributed by atoms with E-state index in [2.05, 4.69) is 5.32 Å². The fourth-order valence-electron chi connectivity index (χ4n) is 2.85. The lowest BCUT2D eigenvalue weighted by molar-refractivity contribution is -0.131. The predicted octanol–water partition coefficient (Wildman–Crippen LogP) is 2.31. The third-order valence-electron chi connectivity index (χ3n) is 4.01. The van der Waals surface area contributed by atoms with E-state index in [0.717, 1.165) is 18.7 Å². The van der Waals surface area contributed by atoms with Crippen LogP contribution >= 0.6 is 0 Å². The van der Waals surface area contributed by atoms with Crippen LogP contribution in [0.25, 0.3) is 0 Å². The van der Waals surface area contributed by atoms with Crippen molar-refractivity contribution in [2.45, 2.75) is 25.8 Å². The van der Waals surface area contributed by atoms with Crippen molar-refractivity contribution in [3.05, 3.63) is 54.0 Å². The number of carbonyl (C=O) groups is 2. The molecule has 0 saturated heterocycles. The summed E-state index contributed by atoms with van der Waals surface area (Å²) in [6, 6.07) is 9.25. The first-order chi connectivity index (χ1) is 10.6. The van der Waals surface area contributed by atoms with E-state index in [0.29, 0.717) is 5.69 Å². The molecule has 2 amide bonds. The van der Waals surface area contributed by atoms with Gasteiger partial charge in [0.15, 0.2) is 0 Å². The topological polar surface area (TPSA) is 52.7 Å². The highest BCUT2D eigenvalue weighted by Gasteiger charge is 2.36. The number of nitrogens with zero attached hydrogens (tertiary/aromatic N) is 2. The number of para-hydroxylation sites is 1. The molecule has 22 heavy (non-hydrogen) atoms. The first-order valence-electron chi connectivity index (χ1n) is 7.42. The molecule has 2 aliphatic heterocycles. The van der Waals surface area contributed by atoms with Crippen molar-refractivity contribution in [1.29, 1.82) is 0 Å². The Morgan fingerprint density at radius 3 is 2.73 bits per heavy atom. The van der Waals surface area contributed by atoms with Crippen LogP contribution in [0.5, 0.6) is 0 Å². The Hall–Kier alpha value is -2.56. The molecule has 114 valence electrons. The van der Waals surface area contributed by atoms with Gasteiger partial charge in [-0.25, -0.2) is 0 Å². The van der Waals surface area contributed by atoms with Crippen molar-refractivity contribution in [2.75, 3.05) is 12.4 Å². The maximum absolute atomic E-state index is 12.7. The summed E-state index contributed by atoms with van der Waals surface area (Å²) in [6.45, 7) is 2.01. The highest BCUT2D eigenvalue weighted by atomic mass is 16.2. The van der Waals surface area contributed by atoms with Gasteiger partial charge in [0.2, 0.25) is 0 Å². The molecule has 5 nitrogen and oxygen atoms in total. The molecule has 0 radical (unpaired) electrons. The summed E-state index contributed by atoms with van der Waals surface area (Å²) in [6.07, 6.45) is 5.52. The summed E-state index contributed by atoms with van der Waals surface area (Å²) >= 11 is 0. The average molecular weight is 297 g/mol. The number of hydrogen-bond acceptors (Lipinski definition) is 3. The van der Waals surface area contributed by atoms with Gasteiger partial charge in [-0.1, -0.05) is 18.2 Å². The van der Waals surface area contributed by atoms with Crippen LogP contribution in [-0.4, -0.2) is 34.7 Å². The molecule has 0 bridgehead atoms. The van der Waals surface area contributed by atoms with Gasteiger partial charge in [0.05, 0.1) is 0 Å². The van der Waals surface area contributed by atoms with Crippen LogP contribution in [0, 0.1) is 0 Å². The van der Waals surface area contributed by atoms with Crippen LogP contribution < -0.4 is 5.32 Å². The first kappa shape index (κ1) is 14.4. The van der Waals surface area contributed by atoms with E-state index < -0.39 is 0 Å². The third-order valence-corrected chi connectivity index (χ3v) is 4.01. The molecule has 3 rings (SSSR count). The van der Waals surface area contributed by atoms with E-state index in [4.69, 9.17) is 0 Å². The van der Waals surface area contributed by atoms with Gasteiger partial charge < -0.3 is 10.2 Å². The van der Waals surface area contributed by atoms with E-state index in [9.17, 15) is 9.59 Å². The molecule has 1 N–H and O–H groups in total. The fraction of sp³-hybridized carbons (Fsp3) is 0.294. The molecule has 0 fully saturated rings. The first-order valence-corrected chi connectivity index (χ1v) is 7.42. The van der Waals surface area contributed by atoms with Crippen LogP contribution in [0.1, 0.15) is 19.8 Å². The number of benzene rings is 1. The highest BCUT2D eigenvalue weighted by Crippen LogP contribution is 2.29. The number of carbonyl (C=O) groups excluding carboxylic acids is 2. The standard InChI is InChI=1S/C17H19N3O2/c1-12-7-6-10-15-19(2)11-14(17(22)20(12)15)16(21)18-13-8-4-3-5-9-13/h3-5,8-12H,6-7H2,1-2H3,(H,18,21). The Labute approximate surface area is 129 Å². The Balaban J connectivity index is 1.87. The van der Waals surface area contributed by atoms with Crippen molar-refractivity contribution >= 4 is 17.5 Å². The van der Waals surface area contributed by atoms with Gasteiger partial charge in [0.25, 0.3) is 11.8 Å². The van der Waals surface area contributed by atoms with Crippen LogP contribution in [0.3, 0.4) is 0 Å². The Bertz CT molecular complexity index is 664. The van der Waals surface area contributed by atoms with Crippen molar-refractivity contribution in [2.24, 2.45) is 0 Å². The molecule has 5 heteroatoms. The lowest BCUT2D eigenvalue weighted by Gasteiger charge is -2.41. The molecule has 0 aliphatic carbocycles. The molecule has 2 heterocycles. The molecule has 1 aromatic carbocycles. The summed E-state index contributed by atoms with van der Waals surface area (Å²) in [4.78, 5) is 28.7. The second-order valence-electron chi connectivity index (χ2n) is 5.64. The number of amides is 2. The second-order valence-corrected chi connectivity index (χ2v) is 5.64. The minimum atomic E-state index is -0.375. The van der Waals surface area contributed by atoms with Gasteiger partial charge in [-0.3, -0.25) is 14.5 Å². The zero-order valence-electron chi connectivity index (χ0n) is 12.7. The minimum Gasteiger partial charge on any atom is -0.337 e. The van der Waals surface area contributed by atoms with Gasteiger partial charge in [-0.15, -0.1) is 0 Å². The van der Waals surface area contributed by atoms with Gasteiger partial charge in [-0.05, 0) is 38.0 Å². The number of allylic oxidation sites excluding steroid dienone is 1. The van der Waals surface area contributed by atoms with Crippen molar-refractivity contribution < 1.29 is 9.59 Å². The maximum Gasteiger partial charge on any atom is 0.266 e. The van der Waals surface area contributed by atoms with Gasteiger partial charge >= 0.3 is 0 Å². The molecule has 2 aliphatic rings. The van der Waals surface area contributed by atoms with Gasteiger partial charge in [0, 0.05) is 25.0 Å². The maximum atomic E-state index is 12.7. The SMILES string of the molecule is CC1CCC=C2N(C)C=C(C(=O)Nc3ccccc3)C(=O)N21. The Kier molecular flexibility index (Phi) is 3.71. The van der Waals surface area contributed by atoms with Crippen LogP contribution in [0.2, 0.25) is 0 Å². The van der Waals surface area contributed by atoms with Crippen LogP contribution in [0.15, 0.2) is 54.0 Å². The zero-order chi connectivity index (χ0) is 15.7. The normalized spacial score (nSPS) is 21.0. The van der Waals surface area contributed by atoms with Gasteiger partial charge in [0.1, 0.15) is 11.4 Å². The van der Waals surface area contributed by atoms with Crippen molar-refractivity contribution in [3.63, 3.8) is 0 Å². The van der Waals surface area contributed by atoms with E-state index >= 15 is 0 Å². The van der Waals surface area contributed by atoms with E-state index in [1.807, 2.05) is 43.1 Å². The van der Waals surface area contributed by atoms with E-state index in [-0.39, 0.29) is 23.4 Å². The quantitative estimate of drug-likeness (QED) is 0.852. The monoisotopic (exact) mass is 297 g/mol. The molecule has 1 unspecified atom stereocenters. The fourth-order valence-corrected chi connectivity index (χ4v) is 2.85. The molecule has 1 atom stereocenters. The summed E-state index contributed by atoms with van der Waals surface area (Å²) < 4.78 is 0. The number of nitrogens with one attached hydrogen (secondary N) is 1. The largest absolute Gasteiger partial charge is 0.337 e. The molecule has 0 saturated carbocycles. The summed E-state index contributed by atoms with van der Waals surface area (Å²) in [5.74, 6) is 0.255. The van der Waals surface area contributed by atoms with E-state index in [1.54, 1.807) is 23.2 Å². The average Bonchev–Trinajstić information content (AvgIpc) is 2.51. The number of rotatable bonds is 2. The van der Waals surface area contributed by atoms with E-state index in [1.165, 1.54) is 0 Å². The smallest absolute Gasteiger partial charge is 0.266 e. The summed E-state index contributed by atoms with van der Waals surface area (Å²) in [5, 5.41) is 2.77. The minimum absolute atomic E-state index is 0.100. The zero-order valence-corrected chi connectivity index (χ0v) is 12.7. The molecular weight excluding hydrogens is 278 g/mol. The lowest BCUT2D eigenvalue weighted by Crippen LogP contribution is -2.49. The molecule has 1 aromatic rings. The predicted molar refractivity (Wildman–Crippen MR) is 84.5 cm³/mol. The molecular formula is C17H19N3O2. The number of fused-ring (bicyclic) bond motifs is 1. The summed E-state index contributed by atoms with van der Waals surface area (Å²) in [5.41, 5.74) is 0.842. The highest BCUT2D eigenvalue weighted by molar-refractivity contribution is 6.23. The van der Waals surface area contributed by atoms with Crippen LogP contribution in [-0.2, 0) is 9.59 Å². The van der Waals surface area contributed by atoms with Crippen molar-refractivity contribution in [1.82, 2.24) is 9.80 Å². The van der Waals surface area contributed by atoms with Crippen LogP contribution in [0.4, 0.5) is 5.69 Å². The number of hydrogen-bond donors (Lipinski definition) is 1. The third kappa shape index (κ3) is 2.50. The van der Waals surface area contributed by atoms with Gasteiger partial charge in [-0.2, -0.15) is 0 Å². The lowest BCUT2D eigenvalue weighted by atomic mass is 10.0. The second kappa shape index (κ2) is 5.67. The summed E-state index contributed by atoms with van der Waals surface area (Å²) in [7, 11) is 1.86. The van der Waals surface area contributed by atoms with Crippen molar-refractivity contribution in [3.8, 4) is 0 Å². The number of anilines is 1. The Morgan fingerprint density at radius 1 is 1.27 bits per heavy atom. The Morgan fingerprint density at radius 2 is 2.00 bits per heavy atom. The molecule has 0 spiro atoms.